The fraction of sp³-hybridized carbons (Fsp3) is 0.158. The molecular formula is C19H19NO3. The molecule has 0 bridgehead atoms. The van der Waals surface area contributed by atoms with Crippen LogP contribution < -0.4 is 0 Å². The zero-order valence-corrected chi connectivity index (χ0v) is 13.4. The summed E-state index contributed by atoms with van der Waals surface area (Å²) in [7, 11) is 3.64. The van der Waals surface area contributed by atoms with E-state index < -0.39 is 5.97 Å². The Balaban J connectivity index is 2.59. The third-order valence-corrected chi connectivity index (χ3v) is 3.53. The summed E-state index contributed by atoms with van der Waals surface area (Å²) in [5.41, 5.74) is 2.62. The number of allylic oxidation sites excluding steroid dienone is 1. The normalized spacial score (nSPS) is 10.7. The summed E-state index contributed by atoms with van der Waals surface area (Å²) in [5, 5.41) is 9.42. The van der Waals surface area contributed by atoms with Crippen molar-refractivity contribution in [3.8, 4) is 11.1 Å². The highest BCUT2D eigenvalue weighted by Gasteiger charge is 2.17. The van der Waals surface area contributed by atoms with E-state index in [9.17, 15) is 14.7 Å². The highest BCUT2D eigenvalue weighted by molar-refractivity contribution is 6.08. The van der Waals surface area contributed by atoms with Crippen molar-refractivity contribution in [1.82, 2.24) is 4.90 Å². The van der Waals surface area contributed by atoms with Gasteiger partial charge in [0.25, 0.3) is 0 Å². The van der Waals surface area contributed by atoms with Gasteiger partial charge in [0.2, 0.25) is 0 Å². The van der Waals surface area contributed by atoms with Crippen molar-refractivity contribution >= 4 is 11.8 Å². The van der Waals surface area contributed by atoms with Gasteiger partial charge in [0, 0.05) is 31.9 Å². The number of benzene rings is 2. The number of aromatic carboxylic acids is 1. The Morgan fingerprint density at radius 1 is 1.00 bits per heavy atom. The highest BCUT2D eigenvalue weighted by atomic mass is 16.4. The maximum absolute atomic E-state index is 12.4. The zero-order valence-electron chi connectivity index (χ0n) is 13.4. The van der Waals surface area contributed by atoms with Gasteiger partial charge in [-0.05, 0) is 35.7 Å². The van der Waals surface area contributed by atoms with Gasteiger partial charge in [0.1, 0.15) is 0 Å². The van der Waals surface area contributed by atoms with Crippen molar-refractivity contribution in [3.63, 3.8) is 0 Å². The van der Waals surface area contributed by atoms with Crippen molar-refractivity contribution in [2.75, 3.05) is 14.1 Å². The van der Waals surface area contributed by atoms with E-state index in [1.54, 1.807) is 30.2 Å². The molecule has 0 unspecified atom stereocenters. The van der Waals surface area contributed by atoms with Crippen LogP contribution in [-0.2, 0) is 0 Å². The fourth-order valence-corrected chi connectivity index (χ4v) is 2.30. The van der Waals surface area contributed by atoms with Crippen molar-refractivity contribution in [1.29, 1.82) is 0 Å². The molecule has 0 aliphatic carbocycles. The van der Waals surface area contributed by atoms with E-state index in [1.165, 1.54) is 6.08 Å². The van der Waals surface area contributed by atoms with Crippen LogP contribution in [0.3, 0.4) is 0 Å². The Morgan fingerprint density at radius 3 is 2.17 bits per heavy atom. The Hall–Kier alpha value is -2.88. The van der Waals surface area contributed by atoms with Gasteiger partial charge in [0.05, 0.1) is 5.56 Å². The zero-order chi connectivity index (χ0) is 17.0. The first kappa shape index (κ1) is 16.5. The lowest BCUT2D eigenvalue weighted by atomic mass is 9.93. The minimum absolute atomic E-state index is 0.146. The summed E-state index contributed by atoms with van der Waals surface area (Å²) < 4.78 is 0. The monoisotopic (exact) mass is 309 g/mol. The number of hydrogen-bond donors (Lipinski definition) is 1. The standard InChI is InChI=1S/C19H19NO3/c1-13-16(18(21)9-10-20(2)3)11-15(12-17(13)19(22)23)14-7-5-4-6-8-14/h4-12H,1-3H3,(H,22,23). The number of nitrogens with zero attached hydrogens (tertiary/aromatic N) is 1. The summed E-state index contributed by atoms with van der Waals surface area (Å²) >= 11 is 0. The number of carbonyl (C=O) groups excluding carboxylic acids is 1. The molecule has 2 aromatic carbocycles. The van der Waals surface area contributed by atoms with Crippen LogP contribution in [0, 0.1) is 6.92 Å². The molecule has 0 saturated heterocycles. The van der Waals surface area contributed by atoms with E-state index in [1.807, 2.05) is 44.4 Å². The summed E-state index contributed by atoms with van der Waals surface area (Å²) in [6.07, 6.45) is 3.10. The summed E-state index contributed by atoms with van der Waals surface area (Å²) in [5.74, 6) is -1.25. The molecule has 118 valence electrons. The van der Waals surface area contributed by atoms with Crippen LogP contribution >= 0.6 is 0 Å². The number of rotatable bonds is 5. The molecule has 2 rings (SSSR count). The molecule has 0 amide bonds. The van der Waals surface area contributed by atoms with Crippen LogP contribution in [0.5, 0.6) is 0 Å². The van der Waals surface area contributed by atoms with Crippen molar-refractivity contribution in [3.05, 3.63) is 71.4 Å². The maximum atomic E-state index is 12.4. The van der Waals surface area contributed by atoms with Crippen LogP contribution in [0.4, 0.5) is 0 Å². The second kappa shape index (κ2) is 6.92. The largest absolute Gasteiger partial charge is 0.478 e. The number of carbonyl (C=O) groups is 2. The molecule has 0 saturated carbocycles. The van der Waals surface area contributed by atoms with Gasteiger partial charge in [-0.25, -0.2) is 4.79 Å². The first-order valence-electron chi connectivity index (χ1n) is 7.22. The number of carboxylic acids is 1. The minimum Gasteiger partial charge on any atom is -0.478 e. The highest BCUT2D eigenvalue weighted by Crippen LogP contribution is 2.26. The van der Waals surface area contributed by atoms with Crippen LogP contribution in [-0.4, -0.2) is 35.9 Å². The number of ketones is 1. The second-order valence-corrected chi connectivity index (χ2v) is 5.51. The molecular weight excluding hydrogens is 290 g/mol. The van der Waals surface area contributed by atoms with Gasteiger partial charge in [-0.1, -0.05) is 30.3 Å². The summed E-state index contributed by atoms with van der Waals surface area (Å²) in [6, 6.07) is 12.8. The first-order valence-corrected chi connectivity index (χ1v) is 7.22. The van der Waals surface area contributed by atoms with E-state index in [0.717, 1.165) is 11.1 Å². The maximum Gasteiger partial charge on any atom is 0.335 e. The molecule has 0 aliphatic rings. The molecule has 2 aromatic rings. The molecule has 1 N–H and O–H groups in total. The lowest BCUT2D eigenvalue weighted by Crippen LogP contribution is -2.08. The Bertz CT molecular complexity index is 762. The van der Waals surface area contributed by atoms with E-state index in [-0.39, 0.29) is 11.3 Å². The molecule has 0 fully saturated rings. The first-order chi connectivity index (χ1) is 10.9. The third kappa shape index (κ3) is 3.86. The molecule has 0 aromatic heterocycles. The second-order valence-electron chi connectivity index (χ2n) is 5.51. The van der Waals surface area contributed by atoms with Crippen LogP contribution in [0.1, 0.15) is 26.3 Å². The van der Waals surface area contributed by atoms with Gasteiger partial charge in [-0.15, -0.1) is 0 Å². The molecule has 0 heterocycles. The molecule has 23 heavy (non-hydrogen) atoms. The Morgan fingerprint density at radius 2 is 1.61 bits per heavy atom. The quantitative estimate of drug-likeness (QED) is 0.677. The fourth-order valence-electron chi connectivity index (χ4n) is 2.30. The van der Waals surface area contributed by atoms with Gasteiger partial charge in [-0.3, -0.25) is 4.79 Å². The van der Waals surface area contributed by atoms with Crippen molar-refractivity contribution < 1.29 is 14.7 Å². The minimum atomic E-state index is -1.04. The SMILES string of the molecule is Cc1c(C(=O)O)cc(-c2ccccc2)cc1C(=O)C=CN(C)C. The lowest BCUT2D eigenvalue weighted by molar-refractivity contribution is 0.0696. The topological polar surface area (TPSA) is 57.6 Å². The molecule has 0 radical (unpaired) electrons. The van der Waals surface area contributed by atoms with E-state index in [2.05, 4.69) is 0 Å². The summed E-state index contributed by atoms with van der Waals surface area (Å²) in [4.78, 5) is 25.7. The van der Waals surface area contributed by atoms with Crippen LogP contribution in [0.25, 0.3) is 11.1 Å². The Labute approximate surface area is 135 Å². The van der Waals surface area contributed by atoms with Crippen LogP contribution in [0.15, 0.2) is 54.7 Å². The summed E-state index contributed by atoms with van der Waals surface area (Å²) in [6.45, 7) is 1.66. The van der Waals surface area contributed by atoms with Crippen molar-refractivity contribution in [2.45, 2.75) is 6.92 Å². The average molecular weight is 309 g/mol. The van der Waals surface area contributed by atoms with Gasteiger partial charge >= 0.3 is 5.97 Å². The molecule has 4 heteroatoms. The van der Waals surface area contributed by atoms with Gasteiger partial charge in [0.15, 0.2) is 5.78 Å². The van der Waals surface area contributed by atoms with Crippen LogP contribution in [0.2, 0.25) is 0 Å². The third-order valence-electron chi connectivity index (χ3n) is 3.53. The van der Waals surface area contributed by atoms with E-state index >= 15 is 0 Å². The predicted octanol–water partition coefficient (Wildman–Crippen LogP) is 3.62. The van der Waals surface area contributed by atoms with E-state index in [4.69, 9.17) is 0 Å². The lowest BCUT2D eigenvalue weighted by Gasteiger charge is -2.11. The Kier molecular flexibility index (Phi) is 4.96. The molecule has 0 aliphatic heterocycles. The number of hydrogen-bond acceptors (Lipinski definition) is 3. The smallest absolute Gasteiger partial charge is 0.335 e. The average Bonchev–Trinajstić information content (AvgIpc) is 2.53. The van der Waals surface area contributed by atoms with E-state index in [0.29, 0.717) is 11.1 Å². The van der Waals surface area contributed by atoms with Gasteiger partial charge < -0.3 is 10.0 Å². The van der Waals surface area contributed by atoms with Crippen molar-refractivity contribution in [2.24, 2.45) is 0 Å². The predicted molar refractivity (Wildman–Crippen MR) is 90.7 cm³/mol. The molecule has 0 spiro atoms. The molecule has 0 atom stereocenters. The van der Waals surface area contributed by atoms with Gasteiger partial charge in [-0.2, -0.15) is 0 Å². The number of carboxylic acid groups (broad SMARTS) is 1. The molecule has 4 nitrogen and oxygen atoms in total.